The van der Waals surface area contributed by atoms with Crippen LogP contribution in [0.4, 0.5) is 11.4 Å². The smallest absolute Gasteiger partial charge is 0.221 e. The van der Waals surface area contributed by atoms with E-state index < -0.39 is 0 Å². The van der Waals surface area contributed by atoms with Crippen molar-refractivity contribution in [2.45, 2.75) is 50.5 Å². The summed E-state index contributed by atoms with van der Waals surface area (Å²) in [6, 6.07) is 20.5. The lowest BCUT2D eigenvalue weighted by Crippen LogP contribution is -2.28. The van der Waals surface area contributed by atoms with Gasteiger partial charge in [0.25, 0.3) is 0 Å². The van der Waals surface area contributed by atoms with E-state index in [1.165, 1.54) is 6.92 Å². The van der Waals surface area contributed by atoms with Crippen molar-refractivity contribution in [2.75, 3.05) is 29.9 Å². The van der Waals surface area contributed by atoms with Crippen molar-refractivity contribution >= 4 is 40.3 Å². The van der Waals surface area contributed by atoms with E-state index >= 15 is 0 Å². The van der Waals surface area contributed by atoms with E-state index in [0.717, 1.165) is 71.4 Å². The minimum atomic E-state index is -0.345. The van der Waals surface area contributed by atoms with E-state index in [0.29, 0.717) is 5.92 Å². The van der Waals surface area contributed by atoms with Crippen LogP contribution in [-0.2, 0) is 21.5 Å². The maximum absolute atomic E-state index is 11.3. The third-order valence-electron chi connectivity index (χ3n) is 7.16. The highest BCUT2D eigenvalue weighted by molar-refractivity contribution is 8.00. The topological polar surface area (TPSA) is 72.3 Å². The Morgan fingerprint density at radius 3 is 2.58 bits per heavy atom. The second-order valence-corrected chi connectivity index (χ2v) is 11.6. The van der Waals surface area contributed by atoms with Crippen LogP contribution in [0.3, 0.4) is 0 Å². The summed E-state index contributed by atoms with van der Waals surface area (Å²) in [5, 5.41) is 2.81. The first kappa shape index (κ1) is 26.3. The molecule has 1 amide bonds. The molecule has 0 bridgehead atoms. The van der Waals surface area contributed by atoms with Crippen LogP contribution in [0, 0.1) is 5.92 Å². The standard InChI is InChI=1S/C30H35N5O2S/c1-21(36)32-23-8-11-25(12-9-23)38-34(4)24-10-13-27-26(19-24)33-29(30(2,3)28-7-5-6-16-31-28)35(27)20-22-14-17-37-18-15-22/h5-13,16,19,22H,14-15,17-18,20H2,1-4H3,(H,32,36). The second kappa shape index (κ2) is 11.2. The van der Waals surface area contributed by atoms with Gasteiger partial charge in [-0.3, -0.25) is 9.78 Å². The van der Waals surface area contributed by atoms with E-state index in [1.54, 1.807) is 11.9 Å². The largest absolute Gasteiger partial charge is 0.381 e. The highest BCUT2D eigenvalue weighted by atomic mass is 32.2. The van der Waals surface area contributed by atoms with Crippen LogP contribution in [0.15, 0.2) is 71.8 Å². The number of hydrogen-bond donors (Lipinski definition) is 1. The Morgan fingerprint density at radius 1 is 1.13 bits per heavy atom. The Labute approximate surface area is 228 Å². The van der Waals surface area contributed by atoms with E-state index in [9.17, 15) is 4.79 Å². The summed E-state index contributed by atoms with van der Waals surface area (Å²) >= 11 is 1.64. The first-order valence-corrected chi connectivity index (χ1v) is 13.9. The molecule has 0 spiro atoms. The number of imidazole rings is 1. The molecule has 1 aliphatic rings. The molecule has 1 N–H and O–H groups in total. The summed E-state index contributed by atoms with van der Waals surface area (Å²) in [5.41, 5.74) is 4.68. The fourth-order valence-corrected chi connectivity index (χ4v) is 5.82. The Bertz CT molecular complexity index is 1400. The van der Waals surface area contributed by atoms with Gasteiger partial charge in [0.2, 0.25) is 5.91 Å². The van der Waals surface area contributed by atoms with Gasteiger partial charge in [-0.25, -0.2) is 4.98 Å². The molecule has 0 aliphatic carbocycles. The summed E-state index contributed by atoms with van der Waals surface area (Å²) < 4.78 is 10.2. The zero-order valence-corrected chi connectivity index (χ0v) is 23.3. The predicted octanol–water partition coefficient (Wildman–Crippen LogP) is 6.29. The number of rotatable bonds is 8. The van der Waals surface area contributed by atoms with E-state index in [-0.39, 0.29) is 11.3 Å². The maximum Gasteiger partial charge on any atom is 0.221 e. The second-order valence-electron chi connectivity index (χ2n) is 10.4. The molecule has 0 radical (unpaired) electrons. The number of pyridine rings is 1. The first-order valence-electron chi connectivity index (χ1n) is 13.1. The molecule has 1 fully saturated rings. The van der Waals surface area contributed by atoms with E-state index in [2.05, 4.69) is 59.3 Å². The molecule has 2 aromatic heterocycles. The van der Waals surface area contributed by atoms with Crippen LogP contribution in [0.5, 0.6) is 0 Å². The normalized spacial score (nSPS) is 14.5. The van der Waals surface area contributed by atoms with Gasteiger partial charge < -0.3 is 18.9 Å². The van der Waals surface area contributed by atoms with Gasteiger partial charge in [0, 0.05) is 56.2 Å². The van der Waals surface area contributed by atoms with Crippen LogP contribution >= 0.6 is 11.9 Å². The molecular weight excluding hydrogens is 494 g/mol. The molecule has 1 aliphatic heterocycles. The molecule has 198 valence electrons. The molecule has 7 nitrogen and oxygen atoms in total. The Morgan fingerprint density at radius 2 is 1.89 bits per heavy atom. The molecule has 3 heterocycles. The SMILES string of the molecule is CC(=O)Nc1ccc(SN(C)c2ccc3c(c2)nc(C(C)(C)c2ccccn2)n3CC2CCOCC2)cc1. The average molecular weight is 530 g/mol. The number of ether oxygens (including phenoxy) is 1. The van der Waals surface area contributed by atoms with Crippen LogP contribution in [0.25, 0.3) is 11.0 Å². The molecule has 38 heavy (non-hydrogen) atoms. The van der Waals surface area contributed by atoms with Crippen molar-refractivity contribution in [3.63, 3.8) is 0 Å². The van der Waals surface area contributed by atoms with Crippen molar-refractivity contribution < 1.29 is 9.53 Å². The zero-order valence-electron chi connectivity index (χ0n) is 22.5. The molecule has 4 aromatic rings. The number of carbonyl (C=O) groups excluding carboxylic acids is 1. The lowest BCUT2D eigenvalue weighted by molar-refractivity contribution is -0.114. The average Bonchev–Trinajstić information content (AvgIpc) is 3.29. The molecule has 5 rings (SSSR count). The molecule has 0 unspecified atom stereocenters. The molecular formula is C30H35N5O2S. The fourth-order valence-electron chi connectivity index (χ4n) is 5.02. The fraction of sp³-hybridized carbons (Fsp3) is 0.367. The van der Waals surface area contributed by atoms with Gasteiger partial charge in [0.15, 0.2) is 0 Å². The van der Waals surface area contributed by atoms with Gasteiger partial charge in [-0.05, 0) is 99.2 Å². The molecule has 8 heteroatoms. The third kappa shape index (κ3) is 5.71. The number of amides is 1. The number of benzene rings is 2. The van der Waals surface area contributed by atoms with Crippen LogP contribution in [0.2, 0.25) is 0 Å². The Hall–Kier alpha value is -3.36. The lowest BCUT2D eigenvalue weighted by atomic mass is 9.87. The van der Waals surface area contributed by atoms with Gasteiger partial charge >= 0.3 is 0 Å². The molecule has 1 saturated heterocycles. The molecule has 0 saturated carbocycles. The number of nitrogens with one attached hydrogen (secondary N) is 1. The number of nitrogens with zero attached hydrogens (tertiary/aromatic N) is 4. The van der Waals surface area contributed by atoms with Gasteiger partial charge in [-0.2, -0.15) is 0 Å². The zero-order chi connectivity index (χ0) is 26.7. The summed E-state index contributed by atoms with van der Waals surface area (Å²) in [6.45, 7) is 8.52. The van der Waals surface area contributed by atoms with Crippen LogP contribution in [0.1, 0.15) is 45.1 Å². The monoisotopic (exact) mass is 529 g/mol. The Kier molecular flexibility index (Phi) is 7.72. The summed E-state index contributed by atoms with van der Waals surface area (Å²) in [4.78, 5) is 22.3. The van der Waals surface area contributed by atoms with Gasteiger partial charge in [0.1, 0.15) is 5.82 Å². The van der Waals surface area contributed by atoms with Crippen molar-refractivity contribution in [1.82, 2.24) is 14.5 Å². The van der Waals surface area contributed by atoms with Crippen molar-refractivity contribution in [2.24, 2.45) is 5.92 Å². The van der Waals surface area contributed by atoms with Gasteiger partial charge in [0.05, 0.1) is 22.1 Å². The first-order chi connectivity index (χ1) is 18.3. The summed E-state index contributed by atoms with van der Waals surface area (Å²) in [7, 11) is 2.06. The Balaban J connectivity index is 1.46. The van der Waals surface area contributed by atoms with Gasteiger partial charge in [-0.15, -0.1) is 0 Å². The van der Waals surface area contributed by atoms with Crippen molar-refractivity contribution in [1.29, 1.82) is 0 Å². The summed E-state index contributed by atoms with van der Waals surface area (Å²) in [6.07, 6.45) is 4.00. The van der Waals surface area contributed by atoms with E-state index in [1.807, 2.05) is 42.6 Å². The molecule has 2 aromatic carbocycles. The number of fused-ring (bicyclic) bond motifs is 1. The highest BCUT2D eigenvalue weighted by Crippen LogP contribution is 2.36. The quantitative estimate of drug-likeness (QED) is 0.271. The number of aromatic nitrogens is 3. The predicted molar refractivity (Wildman–Crippen MR) is 155 cm³/mol. The number of hydrogen-bond acceptors (Lipinski definition) is 6. The lowest BCUT2D eigenvalue weighted by Gasteiger charge is -2.28. The highest BCUT2D eigenvalue weighted by Gasteiger charge is 2.32. The molecule has 0 atom stereocenters. The number of anilines is 2. The maximum atomic E-state index is 11.3. The third-order valence-corrected chi connectivity index (χ3v) is 8.13. The minimum absolute atomic E-state index is 0.0716. The van der Waals surface area contributed by atoms with Crippen molar-refractivity contribution in [3.8, 4) is 0 Å². The van der Waals surface area contributed by atoms with Gasteiger partial charge in [-0.1, -0.05) is 6.07 Å². The number of carbonyl (C=O) groups is 1. The minimum Gasteiger partial charge on any atom is -0.381 e. The van der Waals surface area contributed by atoms with Crippen LogP contribution < -0.4 is 9.62 Å². The van der Waals surface area contributed by atoms with Crippen molar-refractivity contribution in [3.05, 3.63) is 78.4 Å². The summed E-state index contributed by atoms with van der Waals surface area (Å²) in [5.74, 6) is 1.54. The van der Waals surface area contributed by atoms with E-state index in [4.69, 9.17) is 14.7 Å². The van der Waals surface area contributed by atoms with Crippen LogP contribution in [-0.4, -0.2) is 40.7 Å².